The van der Waals surface area contributed by atoms with Crippen molar-refractivity contribution in [1.82, 2.24) is 5.43 Å². The molecule has 0 saturated heterocycles. The van der Waals surface area contributed by atoms with Gasteiger partial charge in [0.25, 0.3) is 5.91 Å². The van der Waals surface area contributed by atoms with Gasteiger partial charge in [0.15, 0.2) is 0 Å². The molecule has 0 radical (unpaired) electrons. The van der Waals surface area contributed by atoms with Gasteiger partial charge in [-0.15, -0.1) is 0 Å². The molecule has 0 unspecified atom stereocenters. The average molecular weight is 394 g/mol. The molecule has 6 heteroatoms. The van der Waals surface area contributed by atoms with Crippen LogP contribution in [0.15, 0.2) is 84.0 Å². The zero-order chi connectivity index (χ0) is 19.6. The van der Waals surface area contributed by atoms with E-state index in [1.54, 1.807) is 6.21 Å². The van der Waals surface area contributed by atoms with Crippen molar-refractivity contribution in [3.05, 3.63) is 95.0 Å². The second-order valence-corrected chi connectivity index (χ2v) is 6.37. The lowest BCUT2D eigenvalue weighted by atomic mass is 10.2. The van der Waals surface area contributed by atoms with E-state index in [9.17, 15) is 4.79 Å². The van der Waals surface area contributed by atoms with E-state index in [1.165, 1.54) is 0 Å². The van der Waals surface area contributed by atoms with Crippen molar-refractivity contribution in [2.24, 2.45) is 5.10 Å². The Morgan fingerprint density at radius 2 is 1.68 bits per heavy atom. The predicted molar refractivity (Wildman–Crippen MR) is 113 cm³/mol. The molecule has 28 heavy (non-hydrogen) atoms. The molecule has 3 aromatic carbocycles. The van der Waals surface area contributed by atoms with E-state index in [0.717, 1.165) is 22.6 Å². The highest BCUT2D eigenvalue weighted by Gasteiger charge is 2.01. The van der Waals surface area contributed by atoms with Crippen LogP contribution in [0.1, 0.15) is 11.1 Å². The highest BCUT2D eigenvalue weighted by Crippen LogP contribution is 2.18. The number of hydrazone groups is 1. The summed E-state index contributed by atoms with van der Waals surface area (Å²) in [5, 5.41) is 7.67. The molecule has 0 aliphatic heterocycles. The normalized spacial score (nSPS) is 10.6. The smallest absolute Gasteiger partial charge is 0.259 e. The van der Waals surface area contributed by atoms with Gasteiger partial charge in [-0.25, -0.2) is 5.43 Å². The Bertz CT molecular complexity index is 928. The molecule has 3 aromatic rings. The number of para-hydroxylation sites is 1. The topological polar surface area (TPSA) is 62.7 Å². The molecule has 0 fully saturated rings. The fourth-order valence-corrected chi connectivity index (χ4v) is 2.57. The molecule has 0 bridgehead atoms. The standard InChI is InChI=1S/C22H20ClN3O2/c23-21-9-5-4-6-18(21)16-28-20-12-10-17(11-13-20)14-25-26-22(27)15-24-19-7-2-1-3-8-19/h1-14,24H,15-16H2,(H,26,27)/b25-14-. The SMILES string of the molecule is O=C(CNc1ccccc1)N/N=C\c1ccc(OCc2ccccc2Cl)cc1. The molecular weight excluding hydrogens is 374 g/mol. The molecule has 0 aliphatic carbocycles. The third-order valence-corrected chi connectivity index (χ3v) is 4.23. The molecule has 5 nitrogen and oxygen atoms in total. The van der Waals surface area contributed by atoms with Crippen molar-refractivity contribution in [3.63, 3.8) is 0 Å². The number of carbonyl (C=O) groups is 1. The van der Waals surface area contributed by atoms with Crippen molar-refractivity contribution in [1.29, 1.82) is 0 Å². The molecule has 2 N–H and O–H groups in total. The number of hydrogen-bond donors (Lipinski definition) is 2. The van der Waals surface area contributed by atoms with Crippen LogP contribution in [0.25, 0.3) is 0 Å². The fraction of sp³-hybridized carbons (Fsp3) is 0.0909. The summed E-state index contributed by atoms with van der Waals surface area (Å²) in [6, 6.07) is 24.5. The van der Waals surface area contributed by atoms with E-state index in [0.29, 0.717) is 11.6 Å². The number of amides is 1. The number of ether oxygens (including phenoxy) is 1. The molecule has 0 aromatic heterocycles. The summed E-state index contributed by atoms with van der Waals surface area (Å²) in [5.74, 6) is 0.507. The summed E-state index contributed by atoms with van der Waals surface area (Å²) in [4.78, 5) is 11.8. The number of carbonyl (C=O) groups excluding carboxylic acids is 1. The number of anilines is 1. The Balaban J connectivity index is 1.43. The van der Waals surface area contributed by atoms with Gasteiger partial charge in [-0.1, -0.05) is 48.0 Å². The van der Waals surface area contributed by atoms with E-state index in [4.69, 9.17) is 16.3 Å². The highest BCUT2D eigenvalue weighted by atomic mass is 35.5. The Labute approximate surface area is 169 Å². The van der Waals surface area contributed by atoms with Crippen molar-refractivity contribution >= 4 is 29.4 Å². The highest BCUT2D eigenvalue weighted by molar-refractivity contribution is 6.31. The van der Waals surface area contributed by atoms with Gasteiger partial charge in [0.2, 0.25) is 0 Å². The second-order valence-electron chi connectivity index (χ2n) is 5.96. The van der Waals surface area contributed by atoms with Gasteiger partial charge in [-0.3, -0.25) is 4.79 Å². The molecule has 0 aliphatic rings. The largest absolute Gasteiger partial charge is 0.489 e. The van der Waals surface area contributed by atoms with Crippen molar-refractivity contribution < 1.29 is 9.53 Å². The minimum absolute atomic E-state index is 0.149. The zero-order valence-corrected chi connectivity index (χ0v) is 15.9. The molecule has 0 spiro atoms. The third kappa shape index (κ3) is 6.14. The summed E-state index contributed by atoms with van der Waals surface area (Å²) < 4.78 is 5.74. The van der Waals surface area contributed by atoms with Crippen LogP contribution in [0.4, 0.5) is 5.69 Å². The summed E-state index contributed by atoms with van der Waals surface area (Å²) in [7, 11) is 0. The summed E-state index contributed by atoms with van der Waals surface area (Å²) in [6.45, 7) is 0.549. The van der Waals surface area contributed by atoms with Gasteiger partial charge in [0, 0.05) is 16.3 Å². The van der Waals surface area contributed by atoms with Crippen molar-refractivity contribution in [3.8, 4) is 5.75 Å². The average Bonchev–Trinajstić information content (AvgIpc) is 2.73. The Morgan fingerprint density at radius 3 is 2.43 bits per heavy atom. The molecule has 0 heterocycles. The second kappa shape index (κ2) is 10.1. The monoisotopic (exact) mass is 393 g/mol. The minimum atomic E-state index is -0.222. The van der Waals surface area contributed by atoms with E-state index in [2.05, 4.69) is 15.8 Å². The zero-order valence-electron chi connectivity index (χ0n) is 15.1. The molecule has 142 valence electrons. The molecular formula is C22H20ClN3O2. The summed E-state index contributed by atoms with van der Waals surface area (Å²) >= 11 is 6.12. The van der Waals surface area contributed by atoms with Crippen LogP contribution in [0, 0.1) is 0 Å². The lowest BCUT2D eigenvalue weighted by molar-refractivity contribution is -0.119. The van der Waals surface area contributed by atoms with E-state index >= 15 is 0 Å². The Kier molecular flexibility index (Phi) is 7.04. The van der Waals surface area contributed by atoms with E-state index < -0.39 is 0 Å². The van der Waals surface area contributed by atoms with Crippen LogP contribution in [-0.2, 0) is 11.4 Å². The first-order valence-electron chi connectivity index (χ1n) is 8.78. The van der Waals surface area contributed by atoms with Gasteiger partial charge < -0.3 is 10.1 Å². The lowest BCUT2D eigenvalue weighted by Crippen LogP contribution is -2.25. The minimum Gasteiger partial charge on any atom is -0.489 e. The van der Waals surface area contributed by atoms with Gasteiger partial charge in [0.05, 0.1) is 12.8 Å². The Morgan fingerprint density at radius 1 is 0.964 bits per heavy atom. The number of halogens is 1. The van der Waals surface area contributed by atoms with Crippen LogP contribution in [0.5, 0.6) is 5.75 Å². The maximum absolute atomic E-state index is 11.8. The van der Waals surface area contributed by atoms with E-state index in [-0.39, 0.29) is 12.5 Å². The molecule has 1 amide bonds. The first-order valence-corrected chi connectivity index (χ1v) is 9.15. The van der Waals surface area contributed by atoms with Crippen molar-refractivity contribution in [2.45, 2.75) is 6.61 Å². The summed E-state index contributed by atoms with van der Waals surface area (Å²) in [5.41, 5.74) is 5.15. The van der Waals surface area contributed by atoms with E-state index in [1.807, 2.05) is 78.9 Å². The lowest BCUT2D eigenvalue weighted by Gasteiger charge is -2.07. The number of nitrogens with zero attached hydrogens (tertiary/aromatic N) is 1. The van der Waals surface area contributed by atoms with Gasteiger partial charge >= 0.3 is 0 Å². The molecule has 0 atom stereocenters. The predicted octanol–water partition coefficient (Wildman–Crippen LogP) is 4.48. The van der Waals surface area contributed by atoms with Crippen molar-refractivity contribution in [2.75, 3.05) is 11.9 Å². The fourth-order valence-electron chi connectivity index (χ4n) is 2.38. The van der Waals surface area contributed by atoms with Crippen LogP contribution in [-0.4, -0.2) is 18.7 Å². The van der Waals surface area contributed by atoms with Gasteiger partial charge in [-0.05, 0) is 48.0 Å². The first-order chi connectivity index (χ1) is 13.7. The maximum atomic E-state index is 11.8. The first kappa shape index (κ1) is 19.5. The van der Waals surface area contributed by atoms with Crippen LogP contribution in [0.3, 0.4) is 0 Å². The number of nitrogens with one attached hydrogen (secondary N) is 2. The Hall–Kier alpha value is -3.31. The quantitative estimate of drug-likeness (QED) is 0.438. The number of benzene rings is 3. The van der Waals surface area contributed by atoms with Crippen LogP contribution >= 0.6 is 11.6 Å². The maximum Gasteiger partial charge on any atom is 0.259 e. The van der Waals surface area contributed by atoms with Crippen LogP contribution < -0.4 is 15.5 Å². The summed E-state index contributed by atoms with van der Waals surface area (Å²) in [6.07, 6.45) is 1.58. The third-order valence-electron chi connectivity index (χ3n) is 3.86. The van der Waals surface area contributed by atoms with Gasteiger partial charge in [0.1, 0.15) is 12.4 Å². The number of rotatable bonds is 8. The molecule has 3 rings (SSSR count). The van der Waals surface area contributed by atoms with Crippen LogP contribution in [0.2, 0.25) is 5.02 Å². The van der Waals surface area contributed by atoms with Gasteiger partial charge in [-0.2, -0.15) is 5.10 Å². The number of hydrogen-bond acceptors (Lipinski definition) is 4. The molecule has 0 saturated carbocycles.